The highest BCUT2D eigenvalue weighted by Crippen LogP contribution is 2.16. The van der Waals surface area contributed by atoms with Crippen molar-refractivity contribution in [1.82, 2.24) is 19.6 Å². The zero-order valence-electron chi connectivity index (χ0n) is 9.74. The summed E-state index contributed by atoms with van der Waals surface area (Å²) in [4.78, 5) is 19.3. The summed E-state index contributed by atoms with van der Waals surface area (Å²) in [5.41, 5.74) is 3.14. The zero-order chi connectivity index (χ0) is 12.5. The van der Waals surface area contributed by atoms with Gasteiger partial charge < -0.3 is 0 Å². The first kappa shape index (κ1) is 10.6. The van der Waals surface area contributed by atoms with Crippen LogP contribution in [0.25, 0.3) is 17.0 Å². The molecule has 88 valence electrons. The Labute approximate surface area is 103 Å². The lowest BCUT2D eigenvalue weighted by atomic mass is 10.2. The number of rotatable bonds is 2. The molecular weight excluding hydrogens is 228 g/mol. The molecule has 0 bridgehead atoms. The molecule has 5 heteroatoms. The van der Waals surface area contributed by atoms with Crippen LogP contribution >= 0.6 is 0 Å². The third-order valence-corrected chi connectivity index (χ3v) is 2.79. The van der Waals surface area contributed by atoms with Gasteiger partial charge in [0.25, 0.3) is 0 Å². The molecule has 0 saturated heterocycles. The van der Waals surface area contributed by atoms with E-state index < -0.39 is 0 Å². The van der Waals surface area contributed by atoms with Gasteiger partial charge >= 0.3 is 0 Å². The second-order valence-electron chi connectivity index (χ2n) is 4.00. The van der Waals surface area contributed by atoms with Crippen molar-refractivity contribution < 1.29 is 4.79 Å². The molecule has 5 nitrogen and oxygen atoms in total. The molecule has 3 rings (SSSR count). The number of carbonyl (C=O) groups excluding carboxylic acids is 1. The summed E-state index contributed by atoms with van der Waals surface area (Å²) in [6.45, 7) is 1.88. The van der Waals surface area contributed by atoms with Gasteiger partial charge in [-0.1, -0.05) is 0 Å². The van der Waals surface area contributed by atoms with E-state index >= 15 is 0 Å². The molecule has 3 aromatic heterocycles. The summed E-state index contributed by atoms with van der Waals surface area (Å²) < 4.78 is 1.62. The molecule has 0 atom stereocenters. The van der Waals surface area contributed by atoms with Crippen LogP contribution in [0.15, 0.2) is 36.8 Å². The SMILES string of the molecule is Cc1cc2nc(-c3ccncc3)nn2cc1C=O. The fraction of sp³-hybridized carbons (Fsp3) is 0.0769. The van der Waals surface area contributed by atoms with Gasteiger partial charge in [0.1, 0.15) is 0 Å². The van der Waals surface area contributed by atoms with E-state index in [0.29, 0.717) is 11.4 Å². The Morgan fingerprint density at radius 1 is 1.28 bits per heavy atom. The quantitative estimate of drug-likeness (QED) is 0.640. The summed E-state index contributed by atoms with van der Waals surface area (Å²) in [5.74, 6) is 0.625. The number of pyridine rings is 2. The number of aryl methyl sites for hydroxylation is 1. The third-order valence-electron chi connectivity index (χ3n) is 2.79. The van der Waals surface area contributed by atoms with E-state index in [2.05, 4.69) is 15.1 Å². The molecule has 3 aromatic rings. The highest BCUT2D eigenvalue weighted by atomic mass is 16.1. The average molecular weight is 238 g/mol. The predicted molar refractivity (Wildman–Crippen MR) is 66.3 cm³/mol. The van der Waals surface area contributed by atoms with E-state index in [1.807, 2.05) is 25.1 Å². The summed E-state index contributed by atoms with van der Waals surface area (Å²) in [5, 5.41) is 4.35. The van der Waals surface area contributed by atoms with E-state index in [4.69, 9.17) is 0 Å². The van der Waals surface area contributed by atoms with Gasteiger partial charge in [-0.15, -0.1) is 5.10 Å². The first-order chi connectivity index (χ1) is 8.78. The summed E-state index contributed by atoms with van der Waals surface area (Å²) in [6.07, 6.45) is 5.91. The van der Waals surface area contributed by atoms with Gasteiger partial charge in [0.05, 0.1) is 0 Å². The van der Waals surface area contributed by atoms with Crippen LogP contribution in [0.2, 0.25) is 0 Å². The van der Waals surface area contributed by atoms with Crippen LogP contribution in [0, 0.1) is 6.92 Å². The van der Waals surface area contributed by atoms with Gasteiger partial charge in [-0.2, -0.15) is 0 Å². The summed E-state index contributed by atoms with van der Waals surface area (Å²) >= 11 is 0. The molecule has 3 heterocycles. The summed E-state index contributed by atoms with van der Waals surface area (Å²) in [7, 11) is 0. The van der Waals surface area contributed by atoms with Crippen LogP contribution in [0.4, 0.5) is 0 Å². The minimum atomic E-state index is 0.619. The van der Waals surface area contributed by atoms with Gasteiger partial charge in [-0.25, -0.2) is 9.50 Å². The number of nitrogens with zero attached hydrogens (tertiary/aromatic N) is 4. The fourth-order valence-electron chi connectivity index (χ4n) is 1.79. The van der Waals surface area contributed by atoms with Crippen molar-refractivity contribution in [2.24, 2.45) is 0 Å². The van der Waals surface area contributed by atoms with Crippen LogP contribution < -0.4 is 0 Å². The first-order valence-electron chi connectivity index (χ1n) is 5.50. The van der Waals surface area contributed by atoms with Crippen molar-refractivity contribution >= 4 is 11.9 Å². The maximum Gasteiger partial charge on any atom is 0.182 e. The summed E-state index contributed by atoms with van der Waals surface area (Å²) in [6, 6.07) is 5.55. The molecule has 0 radical (unpaired) electrons. The molecular formula is C13H10N4O. The second kappa shape index (κ2) is 4.03. The van der Waals surface area contributed by atoms with E-state index in [-0.39, 0.29) is 0 Å². The van der Waals surface area contributed by atoms with Crippen LogP contribution in [0.5, 0.6) is 0 Å². The fourth-order valence-corrected chi connectivity index (χ4v) is 1.79. The number of hydrogen-bond acceptors (Lipinski definition) is 4. The number of aromatic nitrogens is 4. The number of carbonyl (C=O) groups is 1. The van der Waals surface area contributed by atoms with Crippen molar-refractivity contribution in [2.45, 2.75) is 6.92 Å². The number of aldehydes is 1. The Bertz CT molecular complexity index is 718. The Kier molecular flexibility index (Phi) is 2.37. The van der Waals surface area contributed by atoms with Crippen molar-refractivity contribution in [1.29, 1.82) is 0 Å². The van der Waals surface area contributed by atoms with E-state index in [0.717, 1.165) is 23.1 Å². The highest BCUT2D eigenvalue weighted by Gasteiger charge is 2.08. The molecule has 0 saturated carbocycles. The van der Waals surface area contributed by atoms with Crippen molar-refractivity contribution in [2.75, 3.05) is 0 Å². The van der Waals surface area contributed by atoms with Gasteiger partial charge in [0.2, 0.25) is 0 Å². The molecule has 0 fully saturated rings. The maximum atomic E-state index is 10.9. The van der Waals surface area contributed by atoms with E-state index in [9.17, 15) is 4.79 Å². The lowest BCUT2D eigenvalue weighted by Gasteiger charge is -1.97. The minimum absolute atomic E-state index is 0.619. The zero-order valence-corrected chi connectivity index (χ0v) is 9.74. The molecule has 0 aliphatic heterocycles. The topological polar surface area (TPSA) is 60.1 Å². The molecule has 0 aliphatic rings. The molecule has 0 aromatic carbocycles. The van der Waals surface area contributed by atoms with Crippen LogP contribution in [-0.4, -0.2) is 25.9 Å². The van der Waals surface area contributed by atoms with E-state index in [1.54, 1.807) is 23.1 Å². The van der Waals surface area contributed by atoms with Crippen molar-refractivity contribution in [3.8, 4) is 11.4 Å². The van der Waals surface area contributed by atoms with Crippen LogP contribution in [0.1, 0.15) is 15.9 Å². The highest BCUT2D eigenvalue weighted by molar-refractivity contribution is 5.77. The number of fused-ring (bicyclic) bond motifs is 1. The Hall–Kier alpha value is -2.56. The van der Waals surface area contributed by atoms with Crippen molar-refractivity contribution in [3.05, 3.63) is 47.9 Å². The molecule has 0 aliphatic carbocycles. The molecule has 18 heavy (non-hydrogen) atoms. The third kappa shape index (κ3) is 1.66. The molecule has 0 unspecified atom stereocenters. The normalized spacial score (nSPS) is 10.7. The van der Waals surface area contributed by atoms with Crippen molar-refractivity contribution in [3.63, 3.8) is 0 Å². The van der Waals surface area contributed by atoms with E-state index in [1.165, 1.54) is 0 Å². The van der Waals surface area contributed by atoms with Gasteiger partial charge in [0.15, 0.2) is 17.8 Å². The Balaban J connectivity index is 2.20. The van der Waals surface area contributed by atoms with Gasteiger partial charge in [0, 0.05) is 29.7 Å². The molecule has 0 N–H and O–H groups in total. The Morgan fingerprint density at radius 2 is 2.06 bits per heavy atom. The second-order valence-corrected chi connectivity index (χ2v) is 4.00. The monoisotopic (exact) mass is 238 g/mol. The lowest BCUT2D eigenvalue weighted by molar-refractivity contribution is 0.112. The molecule has 0 amide bonds. The largest absolute Gasteiger partial charge is 0.298 e. The maximum absolute atomic E-state index is 10.9. The predicted octanol–water partition coefficient (Wildman–Crippen LogP) is 1.91. The number of hydrogen-bond donors (Lipinski definition) is 0. The standard InChI is InChI=1S/C13H10N4O/c1-9-6-12-15-13(10-2-4-14-5-3-10)16-17(12)7-11(9)8-18/h2-8H,1H3. The van der Waals surface area contributed by atoms with Gasteiger partial charge in [-0.3, -0.25) is 9.78 Å². The average Bonchev–Trinajstić information content (AvgIpc) is 2.81. The Morgan fingerprint density at radius 3 is 2.78 bits per heavy atom. The smallest absolute Gasteiger partial charge is 0.182 e. The van der Waals surface area contributed by atoms with Crippen LogP contribution in [-0.2, 0) is 0 Å². The first-order valence-corrected chi connectivity index (χ1v) is 5.50. The van der Waals surface area contributed by atoms with Crippen LogP contribution in [0.3, 0.4) is 0 Å². The van der Waals surface area contributed by atoms with Gasteiger partial charge in [-0.05, 0) is 30.7 Å². The lowest BCUT2D eigenvalue weighted by Crippen LogP contribution is -1.94. The molecule has 0 spiro atoms. The minimum Gasteiger partial charge on any atom is -0.298 e.